The van der Waals surface area contributed by atoms with Gasteiger partial charge in [0.05, 0.1) is 31.1 Å². The number of nitrogens with zero attached hydrogens (tertiary/aromatic N) is 3. The lowest BCUT2D eigenvalue weighted by Crippen LogP contribution is -2.42. The highest BCUT2D eigenvalue weighted by Crippen LogP contribution is 2.26. The van der Waals surface area contributed by atoms with Gasteiger partial charge in [0, 0.05) is 19.1 Å². The summed E-state index contributed by atoms with van der Waals surface area (Å²) in [7, 11) is 0. The molecule has 0 bridgehead atoms. The topological polar surface area (TPSA) is 96.4 Å². The van der Waals surface area contributed by atoms with Gasteiger partial charge in [0.15, 0.2) is 0 Å². The molecule has 0 radical (unpaired) electrons. The van der Waals surface area contributed by atoms with E-state index in [0.717, 1.165) is 31.4 Å². The second kappa shape index (κ2) is 7.42. The van der Waals surface area contributed by atoms with E-state index in [-0.39, 0.29) is 12.5 Å². The predicted molar refractivity (Wildman–Crippen MR) is 86.4 cm³/mol. The van der Waals surface area contributed by atoms with Crippen LogP contribution in [0, 0.1) is 0 Å². The quantitative estimate of drug-likeness (QED) is 0.707. The first-order valence-corrected chi connectivity index (χ1v) is 8.61. The van der Waals surface area contributed by atoms with E-state index in [4.69, 9.17) is 10.8 Å². The molecule has 23 heavy (non-hydrogen) atoms. The van der Waals surface area contributed by atoms with Crippen molar-refractivity contribution in [3.8, 4) is 0 Å². The smallest absolute Gasteiger partial charge is 0.239 e. The number of carbonyl (C=O) groups is 1. The molecule has 1 fully saturated rings. The third kappa shape index (κ3) is 3.91. The lowest BCUT2D eigenvalue weighted by molar-refractivity contribution is -0.123. The van der Waals surface area contributed by atoms with Crippen molar-refractivity contribution >= 4 is 5.91 Å². The minimum absolute atomic E-state index is 0.345. The van der Waals surface area contributed by atoms with Gasteiger partial charge in [-0.1, -0.05) is 19.3 Å². The Hall–Kier alpha value is -1.44. The van der Waals surface area contributed by atoms with Gasteiger partial charge in [0.25, 0.3) is 0 Å². The molecule has 2 heterocycles. The van der Waals surface area contributed by atoms with Gasteiger partial charge in [-0.2, -0.15) is 5.10 Å². The van der Waals surface area contributed by atoms with Gasteiger partial charge >= 0.3 is 0 Å². The Labute approximate surface area is 136 Å². The van der Waals surface area contributed by atoms with Crippen molar-refractivity contribution in [1.82, 2.24) is 20.0 Å². The molecule has 128 valence electrons. The summed E-state index contributed by atoms with van der Waals surface area (Å²) >= 11 is 0. The molecule has 0 unspecified atom stereocenters. The second-order valence-corrected chi connectivity index (χ2v) is 6.62. The maximum atomic E-state index is 11.6. The maximum Gasteiger partial charge on any atom is 0.239 e. The summed E-state index contributed by atoms with van der Waals surface area (Å²) in [5, 5.41) is 16.2. The third-order valence-electron chi connectivity index (χ3n) is 4.95. The van der Waals surface area contributed by atoms with E-state index in [9.17, 15) is 4.79 Å². The highest BCUT2D eigenvalue weighted by molar-refractivity contribution is 5.81. The van der Waals surface area contributed by atoms with Crippen molar-refractivity contribution in [2.75, 3.05) is 13.2 Å². The monoisotopic (exact) mass is 321 g/mol. The number of hydrogen-bond acceptors (Lipinski definition) is 5. The summed E-state index contributed by atoms with van der Waals surface area (Å²) in [6.07, 6.45) is 6.71. The summed E-state index contributed by atoms with van der Waals surface area (Å²) in [5.41, 5.74) is 7.56. The van der Waals surface area contributed by atoms with E-state index >= 15 is 0 Å². The van der Waals surface area contributed by atoms with Crippen LogP contribution in [0.3, 0.4) is 0 Å². The van der Waals surface area contributed by atoms with Crippen LogP contribution in [0.15, 0.2) is 6.07 Å². The van der Waals surface area contributed by atoms with Gasteiger partial charge in [0.2, 0.25) is 5.91 Å². The van der Waals surface area contributed by atoms with Gasteiger partial charge < -0.3 is 16.2 Å². The van der Waals surface area contributed by atoms with Gasteiger partial charge in [-0.3, -0.25) is 14.4 Å². The molecule has 2 aliphatic rings. The van der Waals surface area contributed by atoms with Crippen LogP contribution in [-0.2, 0) is 24.4 Å². The molecular weight excluding hydrogens is 294 g/mol. The SMILES string of the molecule is N[C@@H](CO)C(=O)NCc1cc2n(n1)CCN(C1CCCCC1)C2. The first-order chi connectivity index (χ1) is 11.2. The van der Waals surface area contributed by atoms with Crippen LogP contribution < -0.4 is 11.1 Å². The van der Waals surface area contributed by atoms with Crippen molar-refractivity contribution < 1.29 is 9.90 Å². The highest BCUT2D eigenvalue weighted by Gasteiger charge is 2.26. The van der Waals surface area contributed by atoms with E-state index in [1.807, 2.05) is 4.68 Å². The molecule has 0 saturated heterocycles. The lowest BCUT2D eigenvalue weighted by atomic mass is 9.94. The largest absolute Gasteiger partial charge is 0.394 e. The Morgan fingerprint density at radius 1 is 1.39 bits per heavy atom. The zero-order valence-electron chi connectivity index (χ0n) is 13.6. The number of aliphatic hydroxyl groups is 1. The standard InChI is InChI=1S/C16H27N5O2/c17-15(11-22)16(23)18-9-12-8-14-10-20(6-7-21(14)19-12)13-4-2-1-3-5-13/h8,13,15,22H,1-7,9-11,17H2,(H,18,23)/t15-/m0/s1. The van der Waals surface area contributed by atoms with E-state index in [1.54, 1.807) is 0 Å². The molecule has 1 amide bonds. The summed E-state index contributed by atoms with van der Waals surface area (Å²) < 4.78 is 2.05. The molecule has 7 nitrogen and oxygen atoms in total. The molecule has 1 aromatic rings. The molecule has 0 spiro atoms. The molecular formula is C16H27N5O2. The minimum atomic E-state index is -0.867. The van der Waals surface area contributed by atoms with Crippen molar-refractivity contribution in [2.45, 2.75) is 63.8 Å². The van der Waals surface area contributed by atoms with Crippen molar-refractivity contribution in [2.24, 2.45) is 5.73 Å². The zero-order chi connectivity index (χ0) is 16.2. The Bertz CT molecular complexity index is 539. The van der Waals surface area contributed by atoms with Crippen LogP contribution in [0.25, 0.3) is 0 Å². The number of rotatable bonds is 5. The number of aliphatic hydroxyl groups excluding tert-OH is 1. The third-order valence-corrected chi connectivity index (χ3v) is 4.95. The molecule has 3 rings (SSSR count). The van der Waals surface area contributed by atoms with Crippen LogP contribution in [-0.4, -0.2) is 50.9 Å². The van der Waals surface area contributed by atoms with E-state index in [2.05, 4.69) is 21.4 Å². The fraction of sp³-hybridized carbons (Fsp3) is 0.750. The summed E-state index contributed by atoms with van der Waals surface area (Å²) in [6, 6.07) is 1.92. The predicted octanol–water partition coefficient (Wildman–Crippen LogP) is -0.0328. The molecule has 7 heteroatoms. The van der Waals surface area contributed by atoms with Crippen molar-refractivity contribution in [3.05, 3.63) is 17.5 Å². The van der Waals surface area contributed by atoms with Gasteiger partial charge in [-0.25, -0.2) is 0 Å². The maximum absolute atomic E-state index is 11.6. The molecule has 1 aliphatic carbocycles. The van der Waals surface area contributed by atoms with E-state index in [0.29, 0.717) is 6.54 Å². The number of nitrogens with one attached hydrogen (secondary N) is 1. The number of fused-ring (bicyclic) bond motifs is 1. The fourth-order valence-electron chi connectivity index (χ4n) is 3.58. The molecule has 4 N–H and O–H groups in total. The Balaban J connectivity index is 1.57. The summed E-state index contributed by atoms with van der Waals surface area (Å²) in [5.74, 6) is -0.345. The van der Waals surface area contributed by atoms with Crippen LogP contribution in [0.1, 0.15) is 43.5 Å². The summed E-state index contributed by atoms with van der Waals surface area (Å²) in [6.45, 7) is 2.93. The van der Waals surface area contributed by atoms with Crippen LogP contribution in [0.5, 0.6) is 0 Å². The van der Waals surface area contributed by atoms with Crippen molar-refractivity contribution in [1.29, 1.82) is 0 Å². The number of nitrogens with two attached hydrogens (primary N) is 1. The molecule has 1 aliphatic heterocycles. The van der Waals surface area contributed by atoms with Crippen LogP contribution in [0.4, 0.5) is 0 Å². The van der Waals surface area contributed by atoms with Crippen molar-refractivity contribution in [3.63, 3.8) is 0 Å². The Kier molecular flexibility index (Phi) is 5.30. The molecule has 0 aromatic carbocycles. The number of aromatic nitrogens is 2. The molecule has 1 aromatic heterocycles. The average Bonchev–Trinajstić information content (AvgIpc) is 3.01. The second-order valence-electron chi connectivity index (χ2n) is 6.62. The van der Waals surface area contributed by atoms with Crippen LogP contribution >= 0.6 is 0 Å². The molecule has 1 atom stereocenters. The number of hydrogen-bond donors (Lipinski definition) is 3. The van der Waals surface area contributed by atoms with Gasteiger partial charge in [-0.15, -0.1) is 0 Å². The van der Waals surface area contributed by atoms with Crippen LogP contribution in [0.2, 0.25) is 0 Å². The van der Waals surface area contributed by atoms with Gasteiger partial charge in [0.1, 0.15) is 6.04 Å². The zero-order valence-corrected chi connectivity index (χ0v) is 13.6. The Morgan fingerprint density at radius 3 is 2.91 bits per heavy atom. The normalized spacial score (nSPS) is 21.0. The summed E-state index contributed by atoms with van der Waals surface area (Å²) in [4.78, 5) is 14.2. The average molecular weight is 321 g/mol. The highest BCUT2D eigenvalue weighted by atomic mass is 16.3. The minimum Gasteiger partial charge on any atom is -0.394 e. The number of amides is 1. The lowest BCUT2D eigenvalue weighted by Gasteiger charge is -2.36. The first kappa shape index (κ1) is 16.4. The van der Waals surface area contributed by atoms with E-state index < -0.39 is 6.04 Å². The molecule has 1 saturated carbocycles. The Morgan fingerprint density at radius 2 is 2.17 bits per heavy atom. The fourth-order valence-corrected chi connectivity index (χ4v) is 3.58. The van der Waals surface area contributed by atoms with Gasteiger partial charge in [-0.05, 0) is 18.9 Å². The number of carbonyl (C=O) groups excluding carboxylic acids is 1. The first-order valence-electron chi connectivity index (χ1n) is 8.61. The van der Waals surface area contributed by atoms with E-state index in [1.165, 1.54) is 37.8 Å².